The summed E-state index contributed by atoms with van der Waals surface area (Å²) in [4.78, 5) is 34.6. The minimum atomic E-state index is -1.31. The molecule has 0 aliphatic carbocycles. The third-order valence-corrected chi connectivity index (χ3v) is 3.36. The van der Waals surface area contributed by atoms with Gasteiger partial charge in [0.25, 0.3) is 5.91 Å². The second kappa shape index (κ2) is 5.74. The number of rotatable bonds is 3. The van der Waals surface area contributed by atoms with Crippen molar-refractivity contribution >= 4 is 51.5 Å². The number of phenols is 1. The van der Waals surface area contributed by atoms with Crippen LogP contribution in [0.5, 0.6) is 5.75 Å². The fourth-order valence-electron chi connectivity index (χ4n) is 1.70. The quantitative estimate of drug-likeness (QED) is 0.551. The predicted molar refractivity (Wildman–Crippen MR) is 76.7 cm³/mol. The monoisotopic (exact) mass is 374 g/mol. The highest BCUT2D eigenvalue weighted by Gasteiger charge is 2.35. The van der Waals surface area contributed by atoms with E-state index in [4.69, 9.17) is 16.7 Å². The number of aromatic hydroxyl groups is 1. The summed E-state index contributed by atoms with van der Waals surface area (Å²) in [6.07, 6.45) is 1.22. The zero-order chi connectivity index (χ0) is 15.7. The van der Waals surface area contributed by atoms with Crippen LogP contribution in [0.1, 0.15) is 5.56 Å². The van der Waals surface area contributed by atoms with Crippen molar-refractivity contribution in [2.24, 2.45) is 0 Å². The lowest BCUT2D eigenvalue weighted by Crippen LogP contribution is -2.35. The molecular formula is C12H8BrClN2O5. The predicted octanol–water partition coefficient (Wildman–Crippen LogP) is 1.79. The Morgan fingerprint density at radius 1 is 1.43 bits per heavy atom. The second-order valence-electron chi connectivity index (χ2n) is 4.10. The summed E-state index contributed by atoms with van der Waals surface area (Å²) in [5.74, 6) is -2.36. The van der Waals surface area contributed by atoms with Gasteiger partial charge in [-0.3, -0.25) is 9.59 Å². The second-order valence-corrected chi connectivity index (χ2v) is 5.42. The zero-order valence-corrected chi connectivity index (χ0v) is 12.6. The zero-order valence-electron chi connectivity index (χ0n) is 10.3. The van der Waals surface area contributed by atoms with Crippen molar-refractivity contribution in [2.45, 2.75) is 0 Å². The SMILES string of the molecule is O=C(O)CN1C(=O)N/C(=C\c2cc(Br)cc(Cl)c2O)C1=O. The van der Waals surface area contributed by atoms with Gasteiger partial charge in [-0.15, -0.1) is 0 Å². The third-order valence-electron chi connectivity index (χ3n) is 2.61. The van der Waals surface area contributed by atoms with E-state index >= 15 is 0 Å². The first-order chi connectivity index (χ1) is 9.79. The van der Waals surface area contributed by atoms with Crippen molar-refractivity contribution in [2.75, 3.05) is 6.54 Å². The number of nitrogens with one attached hydrogen (secondary N) is 1. The molecule has 1 aliphatic heterocycles. The minimum absolute atomic E-state index is 0.0652. The van der Waals surface area contributed by atoms with E-state index in [9.17, 15) is 19.5 Å². The number of urea groups is 1. The maximum atomic E-state index is 11.9. The number of halogens is 2. The van der Waals surface area contributed by atoms with Crippen molar-refractivity contribution in [3.8, 4) is 5.75 Å². The Balaban J connectivity index is 2.37. The fourth-order valence-corrected chi connectivity index (χ4v) is 2.54. The molecule has 3 N–H and O–H groups in total. The van der Waals surface area contributed by atoms with Crippen molar-refractivity contribution < 1.29 is 24.6 Å². The average molecular weight is 376 g/mol. The van der Waals surface area contributed by atoms with Gasteiger partial charge in [0, 0.05) is 10.0 Å². The molecule has 0 radical (unpaired) electrons. The summed E-state index contributed by atoms with van der Waals surface area (Å²) < 4.78 is 0.566. The van der Waals surface area contributed by atoms with Gasteiger partial charge in [-0.05, 0) is 18.2 Å². The van der Waals surface area contributed by atoms with E-state index in [1.807, 2.05) is 0 Å². The van der Waals surface area contributed by atoms with Crippen LogP contribution >= 0.6 is 27.5 Å². The molecule has 1 heterocycles. The number of amides is 3. The number of hydrogen-bond donors (Lipinski definition) is 3. The number of carboxylic acid groups (broad SMARTS) is 1. The molecule has 3 amide bonds. The molecule has 21 heavy (non-hydrogen) atoms. The summed E-state index contributed by atoms with van der Waals surface area (Å²) in [6, 6.07) is 2.12. The lowest BCUT2D eigenvalue weighted by molar-refractivity contribution is -0.140. The first kappa shape index (κ1) is 15.3. The van der Waals surface area contributed by atoms with Crippen molar-refractivity contribution in [1.82, 2.24) is 10.2 Å². The van der Waals surface area contributed by atoms with E-state index in [-0.39, 0.29) is 22.0 Å². The topological polar surface area (TPSA) is 107 Å². The van der Waals surface area contributed by atoms with Gasteiger partial charge in [0.05, 0.1) is 5.02 Å². The number of carboxylic acids is 1. The van der Waals surface area contributed by atoms with E-state index in [0.29, 0.717) is 9.37 Å². The number of carbonyl (C=O) groups excluding carboxylic acids is 2. The summed E-state index contributed by atoms with van der Waals surface area (Å²) in [5, 5.41) is 20.8. The van der Waals surface area contributed by atoms with Crippen LogP contribution in [0.3, 0.4) is 0 Å². The molecule has 0 atom stereocenters. The van der Waals surface area contributed by atoms with Crippen LogP contribution in [0.4, 0.5) is 4.79 Å². The Morgan fingerprint density at radius 2 is 2.10 bits per heavy atom. The van der Waals surface area contributed by atoms with Crippen LogP contribution in [-0.4, -0.2) is 39.6 Å². The molecule has 9 heteroatoms. The van der Waals surface area contributed by atoms with Gasteiger partial charge in [-0.25, -0.2) is 9.69 Å². The molecule has 0 aromatic heterocycles. The number of imide groups is 1. The number of nitrogens with zero attached hydrogens (tertiary/aromatic N) is 1. The van der Waals surface area contributed by atoms with Crippen molar-refractivity contribution in [3.63, 3.8) is 0 Å². The van der Waals surface area contributed by atoms with E-state index < -0.39 is 24.5 Å². The van der Waals surface area contributed by atoms with E-state index in [2.05, 4.69) is 21.2 Å². The Hall–Kier alpha value is -2.06. The molecule has 2 rings (SSSR count). The first-order valence-corrected chi connectivity index (χ1v) is 6.71. The summed E-state index contributed by atoms with van der Waals surface area (Å²) >= 11 is 8.98. The van der Waals surface area contributed by atoms with Gasteiger partial charge in [-0.1, -0.05) is 27.5 Å². The molecule has 7 nitrogen and oxygen atoms in total. The molecule has 110 valence electrons. The van der Waals surface area contributed by atoms with Crippen LogP contribution in [0.25, 0.3) is 6.08 Å². The lowest BCUT2D eigenvalue weighted by Gasteiger charge is -2.07. The number of hydrogen-bond acceptors (Lipinski definition) is 4. The molecule has 1 aromatic rings. The molecule has 0 unspecified atom stereocenters. The lowest BCUT2D eigenvalue weighted by atomic mass is 10.1. The summed E-state index contributed by atoms with van der Waals surface area (Å²) in [6.45, 7) is -0.743. The largest absolute Gasteiger partial charge is 0.506 e. The first-order valence-electron chi connectivity index (χ1n) is 5.54. The third kappa shape index (κ3) is 3.17. The Labute approximate surface area is 131 Å². The van der Waals surface area contributed by atoms with Gasteiger partial charge in [0.15, 0.2) is 0 Å². The minimum Gasteiger partial charge on any atom is -0.506 e. The molecule has 1 fully saturated rings. The van der Waals surface area contributed by atoms with Crippen molar-refractivity contribution in [1.29, 1.82) is 0 Å². The number of aliphatic carboxylic acids is 1. The summed E-state index contributed by atoms with van der Waals surface area (Å²) in [5.41, 5.74) is 0.0564. The molecule has 1 aromatic carbocycles. The van der Waals surface area contributed by atoms with Crippen LogP contribution < -0.4 is 5.32 Å². The van der Waals surface area contributed by atoms with Crippen LogP contribution in [0.2, 0.25) is 5.02 Å². The van der Waals surface area contributed by atoms with E-state index in [0.717, 1.165) is 0 Å². The van der Waals surface area contributed by atoms with Crippen molar-refractivity contribution in [3.05, 3.63) is 32.9 Å². The summed E-state index contributed by atoms with van der Waals surface area (Å²) in [7, 11) is 0. The van der Waals surface area contributed by atoms with Gasteiger partial charge < -0.3 is 15.5 Å². The maximum Gasteiger partial charge on any atom is 0.329 e. The highest BCUT2D eigenvalue weighted by Crippen LogP contribution is 2.33. The molecule has 0 bridgehead atoms. The number of phenolic OH excluding ortho intramolecular Hbond substituents is 1. The van der Waals surface area contributed by atoms with Crippen LogP contribution in [0, 0.1) is 0 Å². The normalized spacial score (nSPS) is 16.5. The Kier molecular flexibility index (Phi) is 4.19. The highest BCUT2D eigenvalue weighted by molar-refractivity contribution is 9.10. The number of benzene rings is 1. The van der Waals surface area contributed by atoms with Gasteiger partial charge in [0.2, 0.25) is 0 Å². The number of carbonyl (C=O) groups is 3. The van der Waals surface area contributed by atoms with Gasteiger partial charge in [-0.2, -0.15) is 0 Å². The highest BCUT2D eigenvalue weighted by atomic mass is 79.9. The Bertz CT molecular complexity index is 688. The maximum absolute atomic E-state index is 11.9. The fraction of sp³-hybridized carbons (Fsp3) is 0.0833. The van der Waals surface area contributed by atoms with E-state index in [1.54, 1.807) is 0 Å². The molecule has 0 saturated carbocycles. The smallest absolute Gasteiger partial charge is 0.329 e. The standard InChI is InChI=1S/C12H8BrClN2O5/c13-6-1-5(10(19)7(14)3-6)2-8-11(20)16(4-9(17)18)12(21)15-8/h1-3,19H,4H2,(H,15,21)(H,17,18)/b8-2-. The molecule has 0 spiro atoms. The molecular weight excluding hydrogens is 367 g/mol. The molecule has 1 aliphatic rings. The molecule has 1 saturated heterocycles. The van der Waals surface area contributed by atoms with Crippen LogP contribution in [0.15, 0.2) is 22.3 Å². The average Bonchev–Trinajstić information content (AvgIpc) is 2.63. The van der Waals surface area contributed by atoms with Crippen LogP contribution in [-0.2, 0) is 9.59 Å². The van der Waals surface area contributed by atoms with E-state index in [1.165, 1.54) is 18.2 Å². The Morgan fingerprint density at radius 3 is 2.71 bits per heavy atom. The van der Waals surface area contributed by atoms with Gasteiger partial charge in [0.1, 0.15) is 18.0 Å². The van der Waals surface area contributed by atoms with Gasteiger partial charge >= 0.3 is 12.0 Å².